The van der Waals surface area contributed by atoms with Gasteiger partial charge in [-0.2, -0.15) is 0 Å². The molecule has 162 valence electrons. The standard InChI is InChI=1S/C20H14Cl3FN2O4S/c21-15-2-1-3-16(22)20(15)25-19(27)11-30-18-9-8-14(10-17(18)23)31(28,29)26-13-6-4-12(24)5-7-13/h1-10,26H,11H2,(H,25,27). The Balaban J connectivity index is 1.66. The highest BCUT2D eigenvalue weighted by Crippen LogP contribution is 2.31. The summed E-state index contributed by atoms with van der Waals surface area (Å²) < 4.78 is 45.6. The minimum absolute atomic E-state index is 0.0226. The molecule has 0 aromatic heterocycles. The molecule has 3 rings (SSSR count). The molecule has 6 nitrogen and oxygen atoms in total. The molecule has 0 aliphatic carbocycles. The van der Waals surface area contributed by atoms with Crippen LogP contribution in [0, 0.1) is 5.82 Å². The number of hydrogen-bond donors (Lipinski definition) is 2. The van der Waals surface area contributed by atoms with E-state index in [1.807, 2.05) is 0 Å². The molecule has 0 aliphatic heterocycles. The molecule has 3 aromatic carbocycles. The van der Waals surface area contributed by atoms with E-state index in [2.05, 4.69) is 10.0 Å². The van der Waals surface area contributed by atoms with E-state index in [9.17, 15) is 17.6 Å². The molecule has 0 saturated heterocycles. The fourth-order valence-electron chi connectivity index (χ4n) is 2.43. The highest BCUT2D eigenvalue weighted by Gasteiger charge is 2.17. The Hall–Kier alpha value is -2.52. The number of carbonyl (C=O) groups is 1. The van der Waals surface area contributed by atoms with Gasteiger partial charge in [-0.25, -0.2) is 12.8 Å². The van der Waals surface area contributed by atoms with Gasteiger partial charge in [0.25, 0.3) is 15.9 Å². The largest absolute Gasteiger partial charge is 0.482 e. The molecule has 0 unspecified atom stereocenters. The van der Waals surface area contributed by atoms with E-state index in [1.165, 1.54) is 30.3 Å². The molecule has 0 aliphatic rings. The van der Waals surface area contributed by atoms with E-state index in [0.717, 1.165) is 12.1 Å². The van der Waals surface area contributed by atoms with Crippen molar-refractivity contribution in [2.45, 2.75) is 4.90 Å². The van der Waals surface area contributed by atoms with E-state index in [4.69, 9.17) is 39.5 Å². The first-order valence-corrected chi connectivity index (χ1v) is 11.2. The predicted octanol–water partition coefficient (Wildman–Crippen LogP) is 5.60. The molecule has 2 N–H and O–H groups in total. The SMILES string of the molecule is O=C(COc1ccc(S(=O)(=O)Nc2ccc(F)cc2)cc1Cl)Nc1c(Cl)cccc1Cl. The lowest BCUT2D eigenvalue weighted by molar-refractivity contribution is -0.118. The lowest BCUT2D eigenvalue weighted by Gasteiger charge is -2.12. The van der Waals surface area contributed by atoms with Crippen LogP contribution in [0.3, 0.4) is 0 Å². The average Bonchev–Trinajstić information content (AvgIpc) is 2.71. The molecule has 11 heteroatoms. The third-order valence-electron chi connectivity index (χ3n) is 3.90. The monoisotopic (exact) mass is 502 g/mol. The number of para-hydroxylation sites is 1. The van der Waals surface area contributed by atoms with Crippen molar-refractivity contribution in [3.63, 3.8) is 0 Å². The van der Waals surface area contributed by atoms with Crippen molar-refractivity contribution in [1.29, 1.82) is 0 Å². The summed E-state index contributed by atoms with van der Waals surface area (Å²) in [5.41, 5.74) is 0.437. The van der Waals surface area contributed by atoms with Gasteiger partial charge in [0.05, 0.1) is 25.7 Å². The normalized spacial score (nSPS) is 11.1. The quantitative estimate of drug-likeness (QED) is 0.439. The number of carbonyl (C=O) groups excluding carboxylic acids is 1. The zero-order valence-corrected chi connectivity index (χ0v) is 18.6. The summed E-state index contributed by atoms with van der Waals surface area (Å²) in [5.74, 6) is -0.933. The van der Waals surface area contributed by atoms with E-state index in [1.54, 1.807) is 18.2 Å². The van der Waals surface area contributed by atoms with Crippen molar-refractivity contribution in [3.05, 3.63) is 81.5 Å². The smallest absolute Gasteiger partial charge is 0.262 e. The Bertz CT molecular complexity index is 1200. The maximum Gasteiger partial charge on any atom is 0.262 e. The third kappa shape index (κ3) is 6.01. The molecule has 1 amide bonds. The van der Waals surface area contributed by atoms with Crippen LogP contribution in [0.25, 0.3) is 0 Å². The lowest BCUT2D eigenvalue weighted by atomic mass is 10.3. The van der Waals surface area contributed by atoms with Gasteiger partial charge in [-0.05, 0) is 54.6 Å². The number of halogens is 4. The van der Waals surface area contributed by atoms with E-state index < -0.39 is 28.4 Å². The number of nitrogens with one attached hydrogen (secondary N) is 2. The summed E-state index contributed by atoms with van der Waals surface area (Å²) in [4.78, 5) is 12.0. The summed E-state index contributed by atoms with van der Waals surface area (Å²) in [5, 5.41) is 3.04. The Kier molecular flexibility index (Phi) is 7.27. The van der Waals surface area contributed by atoms with Crippen molar-refractivity contribution in [1.82, 2.24) is 0 Å². The minimum Gasteiger partial charge on any atom is -0.482 e. The molecular formula is C20H14Cl3FN2O4S. The maximum absolute atomic E-state index is 13.0. The summed E-state index contributed by atoms with van der Waals surface area (Å²) in [6.45, 7) is -0.415. The number of amides is 1. The van der Waals surface area contributed by atoms with E-state index in [-0.39, 0.29) is 37.1 Å². The maximum atomic E-state index is 13.0. The molecule has 0 heterocycles. The molecule has 0 fully saturated rings. The van der Waals surface area contributed by atoms with Gasteiger partial charge in [0.2, 0.25) is 0 Å². The predicted molar refractivity (Wildman–Crippen MR) is 119 cm³/mol. The van der Waals surface area contributed by atoms with Crippen LogP contribution >= 0.6 is 34.8 Å². The second-order valence-electron chi connectivity index (χ2n) is 6.14. The number of sulfonamides is 1. The van der Waals surface area contributed by atoms with Gasteiger partial charge in [-0.15, -0.1) is 0 Å². The van der Waals surface area contributed by atoms with Crippen LogP contribution in [0.5, 0.6) is 5.75 Å². The minimum atomic E-state index is -3.97. The molecule has 0 spiro atoms. The summed E-state index contributed by atoms with van der Waals surface area (Å²) in [6, 6.07) is 13.4. The highest BCUT2D eigenvalue weighted by atomic mass is 35.5. The molecular weight excluding hydrogens is 490 g/mol. The number of benzene rings is 3. The van der Waals surface area contributed by atoms with Crippen molar-refractivity contribution in [2.24, 2.45) is 0 Å². The first-order chi connectivity index (χ1) is 14.7. The molecule has 0 radical (unpaired) electrons. The number of anilines is 2. The van der Waals surface area contributed by atoms with Crippen molar-refractivity contribution >= 4 is 62.1 Å². The third-order valence-corrected chi connectivity index (χ3v) is 6.20. The van der Waals surface area contributed by atoms with Crippen LogP contribution in [0.15, 0.2) is 65.6 Å². The lowest BCUT2D eigenvalue weighted by Crippen LogP contribution is -2.20. The molecule has 31 heavy (non-hydrogen) atoms. The molecule has 0 bridgehead atoms. The Morgan fingerprint density at radius 2 is 1.58 bits per heavy atom. The topological polar surface area (TPSA) is 84.5 Å². The van der Waals surface area contributed by atoms with Crippen LogP contribution in [-0.2, 0) is 14.8 Å². The van der Waals surface area contributed by atoms with Gasteiger partial charge in [-0.3, -0.25) is 9.52 Å². The zero-order chi connectivity index (χ0) is 22.6. The van der Waals surface area contributed by atoms with Gasteiger partial charge < -0.3 is 10.1 Å². The van der Waals surface area contributed by atoms with Crippen molar-refractivity contribution in [3.8, 4) is 5.75 Å². The molecule has 3 aromatic rings. The molecule has 0 saturated carbocycles. The van der Waals surface area contributed by atoms with E-state index >= 15 is 0 Å². The summed E-state index contributed by atoms with van der Waals surface area (Å²) in [7, 11) is -3.97. The first-order valence-electron chi connectivity index (χ1n) is 8.60. The van der Waals surface area contributed by atoms with Crippen LogP contribution < -0.4 is 14.8 Å². The average molecular weight is 504 g/mol. The van der Waals surface area contributed by atoms with E-state index in [0.29, 0.717) is 0 Å². The first kappa shape index (κ1) is 23.1. The number of ether oxygens (including phenoxy) is 1. The second-order valence-corrected chi connectivity index (χ2v) is 9.04. The summed E-state index contributed by atoms with van der Waals surface area (Å²) >= 11 is 18.1. The fourth-order valence-corrected chi connectivity index (χ4v) is 4.31. The van der Waals surface area contributed by atoms with Gasteiger partial charge >= 0.3 is 0 Å². The molecule has 0 atom stereocenters. The van der Waals surface area contributed by atoms with Gasteiger partial charge in [0.15, 0.2) is 6.61 Å². The number of rotatable bonds is 7. The number of hydrogen-bond acceptors (Lipinski definition) is 4. The Labute approximate surface area is 192 Å². The van der Waals surface area contributed by atoms with Crippen LogP contribution in [0.4, 0.5) is 15.8 Å². The van der Waals surface area contributed by atoms with Gasteiger partial charge in [-0.1, -0.05) is 40.9 Å². The second kappa shape index (κ2) is 9.74. The van der Waals surface area contributed by atoms with Gasteiger partial charge in [0, 0.05) is 5.69 Å². The van der Waals surface area contributed by atoms with Crippen molar-refractivity contribution in [2.75, 3.05) is 16.6 Å². The summed E-state index contributed by atoms with van der Waals surface area (Å²) in [6.07, 6.45) is 0. The zero-order valence-electron chi connectivity index (χ0n) is 15.5. The van der Waals surface area contributed by atoms with Crippen LogP contribution in [-0.4, -0.2) is 20.9 Å². The van der Waals surface area contributed by atoms with Crippen LogP contribution in [0.2, 0.25) is 15.1 Å². The highest BCUT2D eigenvalue weighted by molar-refractivity contribution is 7.92. The Morgan fingerprint density at radius 3 is 2.19 bits per heavy atom. The van der Waals surface area contributed by atoms with Crippen LogP contribution in [0.1, 0.15) is 0 Å². The van der Waals surface area contributed by atoms with Crippen molar-refractivity contribution < 1.29 is 22.3 Å². The fraction of sp³-hybridized carbons (Fsp3) is 0.0500. The Morgan fingerprint density at radius 1 is 0.935 bits per heavy atom. The van der Waals surface area contributed by atoms with Gasteiger partial charge in [0.1, 0.15) is 11.6 Å².